The van der Waals surface area contributed by atoms with Crippen LogP contribution in [0.5, 0.6) is 0 Å². The average Bonchev–Trinajstić information content (AvgIpc) is 3.54. The minimum absolute atomic E-state index is 0.0375. The lowest BCUT2D eigenvalue weighted by molar-refractivity contribution is -0.151. The van der Waals surface area contributed by atoms with Crippen molar-refractivity contribution in [2.75, 3.05) is 18.4 Å². The molecule has 2 heterocycles. The SMILES string of the molecule is O=C(CCN1C(=O)C2(CCCC2)NCC12CCCCCC2)c1ccc2c(c1)CC(C(=O)Nc1ccccn1)C2. The Hall–Kier alpha value is -3.06. The number of Topliss-reactive ketones (excluding diaryl/α,β-unsaturated/α-hetero) is 1. The van der Waals surface area contributed by atoms with Gasteiger partial charge in [0.1, 0.15) is 5.82 Å². The van der Waals surface area contributed by atoms with Crippen LogP contribution in [-0.2, 0) is 22.4 Å². The number of carbonyl (C=O) groups excluding carboxylic acids is 3. The van der Waals surface area contributed by atoms with Gasteiger partial charge in [0, 0.05) is 37.2 Å². The summed E-state index contributed by atoms with van der Waals surface area (Å²) in [5, 5.41) is 6.64. The number of aromatic nitrogens is 1. The Bertz CT molecular complexity index is 1230. The first-order valence-electron chi connectivity index (χ1n) is 14.9. The zero-order valence-electron chi connectivity index (χ0n) is 22.8. The number of carbonyl (C=O) groups is 3. The average molecular weight is 529 g/mol. The van der Waals surface area contributed by atoms with Crippen molar-refractivity contribution in [2.24, 2.45) is 5.92 Å². The van der Waals surface area contributed by atoms with Crippen molar-refractivity contribution < 1.29 is 14.4 Å². The third kappa shape index (κ3) is 5.13. The van der Waals surface area contributed by atoms with E-state index in [1.807, 2.05) is 30.3 Å². The summed E-state index contributed by atoms with van der Waals surface area (Å²) in [6.07, 6.45) is 14.1. The van der Waals surface area contributed by atoms with Crippen LogP contribution >= 0.6 is 0 Å². The summed E-state index contributed by atoms with van der Waals surface area (Å²) in [7, 11) is 0. The van der Waals surface area contributed by atoms with Crippen LogP contribution in [0.4, 0.5) is 5.82 Å². The van der Waals surface area contributed by atoms with E-state index >= 15 is 0 Å². The second-order valence-electron chi connectivity index (χ2n) is 12.2. The summed E-state index contributed by atoms with van der Waals surface area (Å²) in [5.41, 5.74) is 2.32. The van der Waals surface area contributed by atoms with Crippen molar-refractivity contribution in [2.45, 2.75) is 94.5 Å². The Morgan fingerprint density at radius 2 is 1.69 bits per heavy atom. The van der Waals surface area contributed by atoms with Gasteiger partial charge in [0.05, 0.1) is 11.1 Å². The van der Waals surface area contributed by atoms with Crippen molar-refractivity contribution in [1.29, 1.82) is 0 Å². The molecule has 2 spiro atoms. The Labute approximate surface area is 231 Å². The van der Waals surface area contributed by atoms with Crippen molar-refractivity contribution in [3.8, 4) is 0 Å². The first-order chi connectivity index (χ1) is 19.0. The molecular weight excluding hydrogens is 488 g/mol. The van der Waals surface area contributed by atoms with Crippen LogP contribution in [0.25, 0.3) is 0 Å². The zero-order chi connectivity index (χ0) is 26.9. The smallest absolute Gasteiger partial charge is 0.243 e. The van der Waals surface area contributed by atoms with Gasteiger partial charge >= 0.3 is 0 Å². The molecule has 1 aromatic heterocycles. The number of hydrogen-bond donors (Lipinski definition) is 2. The maximum absolute atomic E-state index is 14.0. The zero-order valence-corrected chi connectivity index (χ0v) is 22.8. The lowest BCUT2D eigenvalue weighted by atomic mass is 9.80. The van der Waals surface area contributed by atoms with Crippen molar-refractivity contribution in [3.05, 3.63) is 59.3 Å². The molecule has 0 bridgehead atoms. The Morgan fingerprint density at radius 3 is 2.44 bits per heavy atom. The molecule has 7 heteroatoms. The summed E-state index contributed by atoms with van der Waals surface area (Å²) in [6, 6.07) is 11.3. The molecule has 2 amide bonds. The number of piperazine rings is 1. The topological polar surface area (TPSA) is 91.4 Å². The molecule has 1 saturated heterocycles. The van der Waals surface area contributed by atoms with Gasteiger partial charge in [0.25, 0.3) is 0 Å². The minimum atomic E-state index is -0.418. The molecule has 3 fully saturated rings. The highest BCUT2D eigenvalue weighted by Crippen LogP contribution is 2.42. The number of nitrogens with one attached hydrogen (secondary N) is 2. The van der Waals surface area contributed by atoms with Crippen LogP contribution in [0.1, 0.15) is 92.1 Å². The van der Waals surface area contributed by atoms with E-state index in [1.54, 1.807) is 12.3 Å². The molecule has 1 aliphatic heterocycles. The quantitative estimate of drug-likeness (QED) is 0.524. The Balaban J connectivity index is 1.13. The largest absolute Gasteiger partial charge is 0.334 e. The monoisotopic (exact) mass is 528 g/mol. The molecule has 2 N–H and O–H groups in total. The highest BCUT2D eigenvalue weighted by molar-refractivity contribution is 5.97. The van der Waals surface area contributed by atoms with Gasteiger partial charge in [-0.3, -0.25) is 14.4 Å². The van der Waals surface area contributed by atoms with E-state index in [4.69, 9.17) is 0 Å². The van der Waals surface area contributed by atoms with Gasteiger partial charge in [0.2, 0.25) is 11.8 Å². The van der Waals surface area contributed by atoms with E-state index in [1.165, 1.54) is 12.8 Å². The molecule has 6 rings (SSSR count). The van der Waals surface area contributed by atoms with Crippen molar-refractivity contribution in [3.63, 3.8) is 0 Å². The lowest BCUT2D eigenvalue weighted by Gasteiger charge is -2.53. The molecular formula is C32H40N4O3. The van der Waals surface area contributed by atoms with Crippen LogP contribution < -0.4 is 10.6 Å². The number of hydrogen-bond acceptors (Lipinski definition) is 5. The molecule has 2 saturated carbocycles. The molecule has 1 unspecified atom stereocenters. The van der Waals surface area contributed by atoms with Crippen LogP contribution in [0.2, 0.25) is 0 Å². The number of amides is 2. The number of rotatable bonds is 6. The van der Waals surface area contributed by atoms with E-state index in [0.717, 1.165) is 69.0 Å². The lowest BCUT2D eigenvalue weighted by Crippen LogP contribution is -2.72. The van der Waals surface area contributed by atoms with Gasteiger partial charge in [-0.15, -0.1) is 0 Å². The van der Waals surface area contributed by atoms with Crippen molar-refractivity contribution >= 4 is 23.4 Å². The second kappa shape index (κ2) is 10.8. The van der Waals surface area contributed by atoms with Gasteiger partial charge in [-0.2, -0.15) is 0 Å². The summed E-state index contributed by atoms with van der Waals surface area (Å²) in [5.74, 6) is 0.669. The number of anilines is 1. The van der Waals surface area contributed by atoms with E-state index in [-0.39, 0.29) is 29.1 Å². The van der Waals surface area contributed by atoms with E-state index in [0.29, 0.717) is 37.2 Å². The fourth-order valence-corrected chi connectivity index (χ4v) is 7.52. The first-order valence-corrected chi connectivity index (χ1v) is 14.9. The molecule has 4 aliphatic rings. The number of ketones is 1. The predicted octanol–water partition coefficient (Wildman–Crippen LogP) is 4.85. The summed E-state index contributed by atoms with van der Waals surface area (Å²) in [6.45, 7) is 1.35. The van der Waals surface area contributed by atoms with E-state index in [9.17, 15) is 14.4 Å². The number of nitrogens with zero attached hydrogens (tertiary/aromatic N) is 2. The summed E-state index contributed by atoms with van der Waals surface area (Å²) < 4.78 is 0. The predicted molar refractivity (Wildman–Crippen MR) is 151 cm³/mol. The molecule has 206 valence electrons. The van der Waals surface area contributed by atoms with Gasteiger partial charge in [0.15, 0.2) is 5.78 Å². The number of pyridine rings is 1. The molecule has 0 radical (unpaired) electrons. The fraction of sp³-hybridized carbons (Fsp3) is 0.562. The maximum atomic E-state index is 14.0. The molecule has 39 heavy (non-hydrogen) atoms. The van der Waals surface area contributed by atoms with Crippen LogP contribution in [0, 0.1) is 5.92 Å². The summed E-state index contributed by atoms with van der Waals surface area (Å²) in [4.78, 5) is 46.6. The third-order valence-electron chi connectivity index (χ3n) is 9.78. The minimum Gasteiger partial charge on any atom is -0.334 e. The van der Waals surface area contributed by atoms with Gasteiger partial charge in [-0.1, -0.05) is 56.7 Å². The van der Waals surface area contributed by atoms with Crippen LogP contribution in [-0.4, -0.2) is 51.6 Å². The number of fused-ring (bicyclic) bond motifs is 1. The van der Waals surface area contributed by atoms with Gasteiger partial charge < -0.3 is 15.5 Å². The van der Waals surface area contributed by atoms with Crippen molar-refractivity contribution in [1.82, 2.24) is 15.2 Å². The maximum Gasteiger partial charge on any atom is 0.243 e. The normalized spacial score (nSPS) is 23.5. The van der Waals surface area contributed by atoms with Crippen LogP contribution in [0.15, 0.2) is 42.6 Å². The summed E-state index contributed by atoms with van der Waals surface area (Å²) >= 11 is 0. The standard InChI is InChI=1S/C32H40N4O3/c37-27(24-11-10-23-19-26(21-25(23)20-24)29(38)35-28-9-3-8-17-33-28)12-18-36-30(39)32(15-6-7-16-32)34-22-31(36)13-4-1-2-5-14-31/h3,8-11,17,20,26,34H,1-2,4-7,12-16,18-19,21-22H2,(H,33,35,38). The molecule has 1 aromatic carbocycles. The van der Waals surface area contributed by atoms with Gasteiger partial charge in [-0.05, 0) is 67.9 Å². The molecule has 2 aromatic rings. The first kappa shape index (κ1) is 26.2. The van der Waals surface area contributed by atoms with Gasteiger partial charge in [-0.25, -0.2) is 4.98 Å². The highest BCUT2D eigenvalue weighted by Gasteiger charge is 2.53. The highest BCUT2D eigenvalue weighted by atomic mass is 16.2. The second-order valence-corrected chi connectivity index (χ2v) is 12.2. The van der Waals surface area contributed by atoms with Crippen LogP contribution in [0.3, 0.4) is 0 Å². The fourth-order valence-electron chi connectivity index (χ4n) is 7.52. The van der Waals surface area contributed by atoms with E-state index < -0.39 is 5.54 Å². The Morgan fingerprint density at radius 1 is 0.949 bits per heavy atom. The molecule has 7 nitrogen and oxygen atoms in total. The third-order valence-corrected chi connectivity index (χ3v) is 9.78. The Kier molecular flexibility index (Phi) is 7.27. The van der Waals surface area contributed by atoms with E-state index in [2.05, 4.69) is 20.5 Å². The number of benzene rings is 1. The molecule has 1 atom stereocenters. The molecule has 3 aliphatic carbocycles.